The maximum Gasteiger partial charge on any atom is 0.752 e. The van der Waals surface area contributed by atoms with E-state index in [1.165, 1.54) is 0 Å². The van der Waals surface area contributed by atoms with E-state index in [-0.39, 0.29) is 0 Å². The van der Waals surface area contributed by atoms with Crippen molar-refractivity contribution in [1.29, 1.82) is 0 Å². The second-order valence-corrected chi connectivity index (χ2v) is 8.10. The van der Waals surface area contributed by atoms with Gasteiger partial charge in [-0.25, -0.2) is 4.79 Å². The molecule has 0 spiro atoms. The van der Waals surface area contributed by atoms with E-state index in [1.807, 2.05) is 37.8 Å². The molecule has 5 rings (SSSR count). The standard InChI is InChI=1S/C18H20NO5Si/c20-18(17-7-5-16(6-8-17)15-3-1-2-4-15)24-25-21-12-9-19(10-13-22-25)11-14-23-25/h1-8H,9-14H2. The van der Waals surface area contributed by atoms with E-state index >= 15 is 0 Å². The van der Waals surface area contributed by atoms with Gasteiger partial charge in [-0.05, 0) is 43.4 Å². The smallest absolute Gasteiger partial charge is 0.448 e. The molecule has 2 bridgehead atoms. The zero-order chi connectivity index (χ0) is 17.1. The maximum absolute atomic E-state index is 12.6. The number of carbonyl (C=O) groups is 1. The fraction of sp³-hybridized carbons (Fsp3) is 0.333. The molecule has 3 heterocycles. The van der Waals surface area contributed by atoms with Crippen LogP contribution in [0.3, 0.4) is 0 Å². The highest BCUT2D eigenvalue weighted by atomic mass is 28.4. The number of hydrogen-bond donors (Lipinski definition) is 0. The van der Waals surface area contributed by atoms with Gasteiger partial charge in [-0.3, -0.25) is 4.90 Å². The summed E-state index contributed by atoms with van der Waals surface area (Å²) in [6.07, 6.45) is 8.03. The molecule has 1 aromatic rings. The van der Waals surface area contributed by atoms with Crippen LogP contribution in [-0.4, -0.2) is 59.4 Å². The first-order valence-corrected chi connectivity index (χ1v) is 10.1. The van der Waals surface area contributed by atoms with Crippen molar-refractivity contribution in [2.24, 2.45) is 0 Å². The normalized spacial score (nSPS) is 30.5. The van der Waals surface area contributed by atoms with E-state index in [4.69, 9.17) is 17.7 Å². The Balaban J connectivity index is 1.44. The van der Waals surface area contributed by atoms with E-state index in [0.717, 1.165) is 31.1 Å². The highest BCUT2D eigenvalue weighted by Crippen LogP contribution is 2.30. The van der Waals surface area contributed by atoms with Gasteiger partial charge in [-0.1, -0.05) is 12.1 Å². The summed E-state index contributed by atoms with van der Waals surface area (Å²) in [5.41, 5.74) is 1.51. The van der Waals surface area contributed by atoms with Crippen molar-refractivity contribution in [2.45, 2.75) is 0 Å². The van der Waals surface area contributed by atoms with E-state index in [1.54, 1.807) is 12.1 Å². The van der Waals surface area contributed by atoms with Crippen molar-refractivity contribution in [1.82, 2.24) is 4.90 Å². The summed E-state index contributed by atoms with van der Waals surface area (Å²) in [5.74, 6) is 0.645. The van der Waals surface area contributed by atoms with Gasteiger partial charge in [0.2, 0.25) is 0 Å². The predicted octanol–water partition coefficient (Wildman–Crippen LogP) is 1.41. The molecule has 5 radical (unpaired) electrons. The largest absolute Gasteiger partial charge is 0.752 e. The minimum absolute atomic E-state index is 0.440. The summed E-state index contributed by atoms with van der Waals surface area (Å²) in [4.78, 5) is 14.8. The van der Waals surface area contributed by atoms with Crippen LogP contribution in [0.2, 0.25) is 0 Å². The summed E-state index contributed by atoms with van der Waals surface area (Å²) >= 11 is 0. The van der Waals surface area contributed by atoms with Crippen molar-refractivity contribution >= 4 is 15.0 Å². The van der Waals surface area contributed by atoms with Crippen LogP contribution < -0.4 is 0 Å². The zero-order valence-corrected chi connectivity index (χ0v) is 14.8. The first kappa shape index (κ1) is 17.2. The zero-order valence-electron chi connectivity index (χ0n) is 13.8. The Kier molecular flexibility index (Phi) is 5.19. The first-order valence-electron chi connectivity index (χ1n) is 8.44. The van der Waals surface area contributed by atoms with Gasteiger partial charge < -0.3 is 17.7 Å². The van der Waals surface area contributed by atoms with E-state index in [9.17, 15) is 4.79 Å². The van der Waals surface area contributed by atoms with Crippen LogP contribution in [0.15, 0.2) is 24.3 Å². The fourth-order valence-electron chi connectivity index (χ4n) is 2.99. The molecule has 4 fully saturated rings. The molecule has 7 heteroatoms. The predicted molar refractivity (Wildman–Crippen MR) is 91.5 cm³/mol. The van der Waals surface area contributed by atoms with E-state index in [2.05, 4.69) is 4.90 Å². The van der Waals surface area contributed by atoms with Crippen molar-refractivity contribution in [2.75, 3.05) is 39.5 Å². The highest BCUT2D eigenvalue weighted by molar-refractivity contribution is 6.56. The number of fused-ring (bicyclic) bond motifs is 6. The summed E-state index contributed by atoms with van der Waals surface area (Å²) < 4.78 is 22.8. The topological polar surface area (TPSA) is 57.2 Å². The third-order valence-electron chi connectivity index (χ3n) is 4.39. The van der Waals surface area contributed by atoms with Crippen LogP contribution in [0.4, 0.5) is 0 Å². The molecule has 0 amide bonds. The monoisotopic (exact) mass is 358 g/mol. The van der Waals surface area contributed by atoms with Crippen molar-refractivity contribution < 1.29 is 22.5 Å². The Morgan fingerprint density at radius 2 is 1.48 bits per heavy atom. The molecule has 1 saturated carbocycles. The first-order chi connectivity index (χ1) is 12.2. The van der Waals surface area contributed by atoms with Crippen LogP contribution in [0.5, 0.6) is 0 Å². The Morgan fingerprint density at radius 3 is 2.04 bits per heavy atom. The SMILES string of the molecule is O=C(O[Si]12OCCN(CCO1)CCO2)c1ccc([C]2[CH][CH][CH][CH]2)cc1. The number of hydrogen-bond acceptors (Lipinski definition) is 6. The molecule has 1 aliphatic carbocycles. The van der Waals surface area contributed by atoms with Gasteiger partial charge >= 0.3 is 15.0 Å². The minimum Gasteiger partial charge on any atom is -0.448 e. The molecule has 1 aromatic carbocycles. The molecule has 3 saturated heterocycles. The molecule has 3 aliphatic heterocycles. The van der Waals surface area contributed by atoms with Crippen molar-refractivity contribution in [3.63, 3.8) is 0 Å². The van der Waals surface area contributed by atoms with Crippen LogP contribution >= 0.6 is 0 Å². The molecule has 131 valence electrons. The highest BCUT2D eigenvalue weighted by Gasteiger charge is 2.52. The van der Waals surface area contributed by atoms with Gasteiger partial charge in [0.15, 0.2) is 0 Å². The molecule has 0 N–H and O–H groups in total. The van der Waals surface area contributed by atoms with Crippen molar-refractivity contribution in [3.8, 4) is 0 Å². The van der Waals surface area contributed by atoms with E-state index < -0.39 is 15.0 Å². The van der Waals surface area contributed by atoms with Crippen LogP contribution in [0.1, 0.15) is 15.9 Å². The van der Waals surface area contributed by atoms with Gasteiger partial charge in [0, 0.05) is 25.6 Å². The lowest BCUT2D eigenvalue weighted by Crippen LogP contribution is -2.57. The Morgan fingerprint density at radius 1 is 0.920 bits per heavy atom. The molecule has 0 aromatic heterocycles. The third-order valence-corrected chi connectivity index (χ3v) is 6.50. The third kappa shape index (κ3) is 3.96. The number of carbonyl (C=O) groups excluding carboxylic acids is 1. The maximum atomic E-state index is 12.6. The Labute approximate surface area is 149 Å². The Bertz CT molecular complexity index is 575. The average molecular weight is 358 g/mol. The van der Waals surface area contributed by atoms with Crippen LogP contribution in [0, 0.1) is 31.6 Å². The van der Waals surface area contributed by atoms with Gasteiger partial charge in [0.1, 0.15) is 0 Å². The van der Waals surface area contributed by atoms with Gasteiger partial charge in [-0.2, -0.15) is 0 Å². The number of nitrogens with zero attached hydrogens (tertiary/aromatic N) is 1. The second-order valence-electron chi connectivity index (χ2n) is 6.03. The van der Waals surface area contributed by atoms with Crippen LogP contribution in [0.25, 0.3) is 0 Å². The lowest BCUT2D eigenvalue weighted by atomic mass is 9.97. The quantitative estimate of drug-likeness (QED) is 0.762. The van der Waals surface area contributed by atoms with Crippen molar-refractivity contribution in [3.05, 3.63) is 67.0 Å². The lowest BCUT2D eigenvalue weighted by Gasteiger charge is -2.35. The van der Waals surface area contributed by atoms with Gasteiger partial charge in [0.25, 0.3) is 0 Å². The summed E-state index contributed by atoms with van der Waals surface area (Å²) in [7, 11) is -3.42. The molecule has 25 heavy (non-hydrogen) atoms. The molecular formula is C18H20NO5Si. The molecule has 0 unspecified atom stereocenters. The molecular weight excluding hydrogens is 338 g/mol. The summed E-state index contributed by atoms with van der Waals surface area (Å²) in [5, 5.41) is 0. The Hall–Kier alpha value is -1.25. The minimum atomic E-state index is -3.42. The fourth-order valence-corrected chi connectivity index (χ4v) is 4.78. The number of benzene rings is 1. The van der Waals surface area contributed by atoms with Gasteiger partial charge in [-0.15, -0.1) is 0 Å². The second kappa shape index (κ2) is 7.55. The average Bonchev–Trinajstić information content (AvgIpc) is 3.10. The van der Waals surface area contributed by atoms with E-state index in [0.29, 0.717) is 25.4 Å². The molecule has 0 atom stereocenters. The lowest BCUT2D eigenvalue weighted by molar-refractivity contribution is -0.0627. The molecule has 6 nitrogen and oxygen atoms in total. The number of rotatable bonds is 3. The van der Waals surface area contributed by atoms with Crippen LogP contribution in [-0.2, 0) is 17.7 Å². The summed E-state index contributed by atoms with van der Waals surface area (Å²) in [6.45, 7) is 3.72. The molecule has 4 aliphatic rings. The summed E-state index contributed by atoms with van der Waals surface area (Å²) in [6, 6.07) is 7.32. The van der Waals surface area contributed by atoms with Gasteiger partial charge in [0.05, 0.1) is 25.4 Å².